The summed E-state index contributed by atoms with van der Waals surface area (Å²) < 4.78 is 0.786. The van der Waals surface area contributed by atoms with Crippen molar-refractivity contribution < 1.29 is 0 Å². The van der Waals surface area contributed by atoms with Crippen molar-refractivity contribution in [1.29, 1.82) is 0 Å². The lowest BCUT2D eigenvalue weighted by molar-refractivity contribution is 0.724. The summed E-state index contributed by atoms with van der Waals surface area (Å²) in [7, 11) is 0. The molecule has 1 N–H and O–H groups in total. The van der Waals surface area contributed by atoms with Crippen molar-refractivity contribution in [3.63, 3.8) is 0 Å². The topological polar surface area (TPSA) is 41.1 Å². The zero-order valence-electron chi connectivity index (χ0n) is 10.5. The molecular weight excluding hydrogens is 280 g/mol. The Balaban J connectivity index is 1.86. The smallest absolute Gasteiger partial charge is 0.225 e. The molecular formula is C13H15ClN4S. The monoisotopic (exact) mass is 294 g/mol. The molecule has 0 aliphatic carbocycles. The Hall–Kier alpha value is -1.17. The number of aromatic nitrogens is 2. The van der Waals surface area contributed by atoms with E-state index in [0.717, 1.165) is 54.1 Å². The van der Waals surface area contributed by atoms with E-state index < -0.39 is 0 Å². The van der Waals surface area contributed by atoms with Crippen molar-refractivity contribution in [3.8, 4) is 11.3 Å². The van der Waals surface area contributed by atoms with Crippen LogP contribution in [0.25, 0.3) is 11.3 Å². The van der Waals surface area contributed by atoms with Crippen LogP contribution >= 0.6 is 22.9 Å². The zero-order valence-corrected chi connectivity index (χ0v) is 12.0. The summed E-state index contributed by atoms with van der Waals surface area (Å²) >= 11 is 7.50. The van der Waals surface area contributed by atoms with Crippen molar-refractivity contribution in [2.45, 2.75) is 6.42 Å². The maximum atomic E-state index is 5.98. The summed E-state index contributed by atoms with van der Waals surface area (Å²) in [5.74, 6) is 0.809. The first-order chi connectivity index (χ1) is 9.33. The molecule has 0 amide bonds. The third kappa shape index (κ3) is 3.05. The van der Waals surface area contributed by atoms with Crippen LogP contribution in [0.3, 0.4) is 0 Å². The fraction of sp³-hybridized carbons (Fsp3) is 0.385. The molecule has 0 aromatic carbocycles. The average Bonchev–Trinajstić information content (AvgIpc) is 2.71. The first-order valence-electron chi connectivity index (χ1n) is 6.36. The maximum absolute atomic E-state index is 5.98. The normalized spacial score (nSPS) is 16.4. The number of hydrogen-bond acceptors (Lipinski definition) is 5. The highest BCUT2D eigenvalue weighted by molar-refractivity contribution is 7.14. The SMILES string of the molecule is Clc1cc(-c2ccnc(N3CCCNCC3)n2)cs1. The molecule has 2 aromatic heterocycles. The Labute approximate surface area is 121 Å². The van der Waals surface area contributed by atoms with Gasteiger partial charge in [0, 0.05) is 36.8 Å². The van der Waals surface area contributed by atoms with Gasteiger partial charge in [-0.15, -0.1) is 11.3 Å². The second-order valence-electron chi connectivity index (χ2n) is 4.47. The van der Waals surface area contributed by atoms with Gasteiger partial charge < -0.3 is 10.2 Å². The van der Waals surface area contributed by atoms with Gasteiger partial charge in [0.25, 0.3) is 0 Å². The van der Waals surface area contributed by atoms with Crippen LogP contribution in [0.15, 0.2) is 23.7 Å². The minimum atomic E-state index is 0.786. The molecule has 19 heavy (non-hydrogen) atoms. The zero-order chi connectivity index (χ0) is 13.1. The van der Waals surface area contributed by atoms with Gasteiger partial charge in [0.1, 0.15) is 0 Å². The summed E-state index contributed by atoms with van der Waals surface area (Å²) in [6.45, 7) is 4.00. The number of nitrogens with zero attached hydrogens (tertiary/aromatic N) is 3. The molecule has 100 valence electrons. The quantitative estimate of drug-likeness (QED) is 0.924. The van der Waals surface area contributed by atoms with Crippen LogP contribution in [0.5, 0.6) is 0 Å². The molecule has 0 spiro atoms. The lowest BCUT2D eigenvalue weighted by Gasteiger charge is -2.19. The summed E-state index contributed by atoms with van der Waals surface area (Å²) in [4.78, 5) is 11.3. The second kappa shape index (κ2) is 5.86. The molecule has 1 fully saturated rings. The van der Waals surface area contributed by atoms with E-state index in [2.05, 4.69) is 20.2 Å². The van der Waals surface area contributed by atoms with Crippen molar-refractivity contribution in [2.75, 3.05) is 31.1 Å². The lowest BCUT2D eigenvalue weighted by Crippen LogP contribution is -2.29. The molecule has 1 aliphatic heterocycles. The second-order valence-corrected chi connectivity index (χ2v) is 6.01. The summed E-state index contributed by atoms with van der Waals surface area (Å²) in [6.07, 6.45) is 2.94. The number of nitrogens with one attached hydrogen (secondary N) is 1. The minimum absolute atomic E-state index is 0.786. The molecule has 3 rings (SSSR count). The highest BCUT2D eigenvalue weighted by Crippen LogP contribution is 2.28. The largest absolute Gasteiger partial charge is 0.339 e. The highest BCUT2D eigenvalue weighted by Gasteiger charge is 2.13. The molecule has 1 aliphatic rings. The van der Waals surface area contributed by atoms with E-state index in [1.807, 2.05) is 23.7 Å². The van der Waals surface area contributed by atoms with Crippen molar-refractivity contribution >= 4 is 28.9 Å². The van der Waals surface area contributed by atoms with Gasteiger partial charge in [-0.2, -0.15) is 0 Å². The van der Waals surface area contributed by atoms with E-state index in [1.54, 1.807) is 0 Å². The van der Waals surface area contributed by atoms with Crippen LogP contribution in [-0.2, 0) is 0 Å². The van der Waals surface area contributed by atoms with Crippen LogP contribution < -0.4 is 10.2 Å². The van der Waals surface area contributed by atoms with E-state index in [4.69, 9.17) is 11.6 Å². The number of anilines is 1. The summed E-state index contributed by atoms with van der Waals surface area (Å²) in [5, 5.41) is 5.41. The molecule has 4 nitrogen and oxygen atoms in total. The first-order valence-corrected chi connectivity index (χ1v) is 7.62. The fourth-order valence-electron chi connectivity index (χ4n) is 2.15. The van der Waals surface area contributed by atoms with E-state index in [0.29, 0.717) is 0 Å². The minimum Gasteiger partial charge on any atom is -0.339 e. The molecule has 0 unspecified atom stereocenters. The molecule has 0 saturated carbocycles. The van der Waals surface area contributed by atoms with Gasteiger partial charge >= 0.3 is 0 Å². The van der Waals surface area contributed by atoms with Gasteiger partial charge in [0.05, 0.1) is 10.0 Å². The molecule has 3 heterocycles. The van der Waals surface area contributed by atoms with Gasteiger partial charge in [-0.1, -0.05) is 11.6 Å². The van der Waals surface area contributed by atoms with Crippen LogP contribution in [0, 0.1) is 0 Å². The third-order valence-corrected chi connectivity index (χ3v) is 4.22. The van der Waals surface area contributed by atoms with E-state index >= 15 is 0 Å². The standard InChI is InChI=1S/C13H15ClN4S/c14-12-8-10(9-19-12)11-2-4-16-13(17-11)18-6-1-3-15-5-7-18/h2,4,8-9,15H,1,3,5-7H2. The number of halogens is 1. The van der Waals surface area contributed by atoms with Gasteiger partial charge in [0.2, 0.25) is 5.95 Å². The van der Waals surface area contributed by atoms with E-state index in [1.165, 1.54) is 11.3 Å². The number of thiophene rings is 1. The molecule has 6 heteroatoms. The highest BCUT2D eigenvalue weighted by atomic mass is 35.5. The Morgan fingerprint density at radius 1 is 1.32 bits per heavy atom. The molecule has 0 bridgehead atoms. The molecule has 0 atom stereocenters. The molecule has 2 aromatic rings. The fourth-order valence-corrected chi connectivity index (χ4v) is 3.03. The van der Waals surface area contributed by atoms with Crippen molar-refractivity contribution in [2.24, 2.45) is 0 Å². The first kappa shape index (κ1) is 12.8. The molecule has 1 saturated heterocycles. The third-order valence-electron chi connectivity index (χ3n) is 3.13. The Morgan fingerprint density at radius 2 is 2.26 bits per heavy atom. The van der Waals surface area contributed by atoms with Crippen LogP contribution in [0.4, 0.5) is 5.95 Å². The molecule has 0 radical (unpaired) electrons. The van der Waals surface area contributed by atoms with Crippen LogP contribution in [0.2, 0.25) is 4.34 Å². The number of hydrogen-bond donors (Lipinski definition) is 1. The summed E-state index contributed by atoms with van der Waals surface area (Å²) in [5.41, 5.74) is 2.00. The summed E-state index contributed by atoms with van der Waals surface area (Å²) in [6, 6.07) is 3.88. The van der Waals surface area contributed by atoms with Gasteiger partial charge in [-0.3, -0.25) is 0 Å². The van der Waals surface area contributed by atoms with Gasteiger partial charge in [-0.25, -0.2) is 9.97 Å². The van der Waals surface area contributed by atoms with Crippen molar-refractivity contribution in [3.05, 3.63) is 28.0 Å². The van der Waals surface area contributed by atoms with Crippen LogP contribution in [-0.4, -0.2) is 36.1 Å². The van der Waals surface area contributed by atoms with Crippen molar-refractivity contribution in [1.82, 2.24) is 15.3 Å². The lowest BCUT2D eigenvalue weighted by atomic mass is 10.2. The Morgan fingerprint density at radius 3 is 3.11 bits per heavy atom. The average molecular weight is 295 g/mol. The maximum Gasteiger partial charge on any atom is 0.225 e. The van der Waals surface area contributed by atoms with E-state index in [-0.39, 0.29) is 0 Å². The van der Waals surface area contributed by atoms with Crippen LogP contribution in [0.1, 0.15) is 6.42 Å². The predicted octanol–water partition coefficient (Wildman–Crippen LogP) is 2.66. The van der Waals surface area contributed by atoms with Gasteiger partial charge in [-0.05, 0) is 25.1 Å². The van der Waals surface area contributed by atoms with Gasteiger partial charge in [0.15, 0.2) is 0 Å². The Bertz CT molecular complexity index is 549. The predicted molar refractivity (Wildman–Crippen MR) is 80.1 cm³/mol. The van der Waals surface area contributed by atoms with E-state index in [9.17, 15) is 0 Å². The number of rotatable bonds is 2. The Kier molecular flexibility index (Phi) is 3.96.